The van der Waals surface area contributed by atoms with Crippen molar-refractivity contribution < 1.29 is 34.1 Å². The van der Waals surface area contributed by atoms with E-state index in [0.29, 0.717) is 5.02 Å². The fourth-order valence-electron chi connectivity index (χ4n) is 3.52. The van der Waals surface area contributed by atoms with Crippen LogP contribution in [0.5, 0.6) is 17.2 Å². The molecule has 0 saturated heterocycles. The molecule has 1 aliphatic rings. The van der Waals surface area contributed by atoms with Crippen molar-refractivity contribution >= 4 is 29.3 Å². The second-order valence-electron chi connectivity index (χ2n) is 8.22. The Labute approximate surface area is 190 Å². The van der Waals surface area contributed by atoms with Crippen molar-refractivity contribution in [1.82, 2.24) is 5.32 Å². The standard InChI is InChI=1S/C23H24ClNO7/c1-23(2)10-18(27)22-17(26)8-16(9-19(22)32-23)31-12-20(28)25-11-14(7-21(29)30)13-3-5-15(24)6-4-13/h3-6,8-9,14,26H,7,10-12H2,1-2H3,(H,25,28)(H,29,30)/t14-/m0/s1. The summed E-state index contributed by atoms with van der Waals surface area (Å²) in [6, 6.07) is 9.48. The van der Waals surface area contributed by atoms with Crippen LogP contribution in [0.25, 0.3) is 0 Å². The minimum absolute atomic E-state index is 0.0946. The van der Waals surface area contributed by atoms with Crippen molar-refractivity contribution in [1.29, 1.82) is 0 Å². The summed E-state index contributed by atoms with van der Waals surface area (Å²) >= 11 is 5.88. The van der Waals surface area contributed by atoms with Crippen LogP contribution in [0.2, 0.25) is 5.02 Å². The second-order valence-corrected chi connectivity index (χ2v) is 8.65. The molecule has 0 saturated carbocycles. The highest BCUT2D eigenvalue weighted by Crippen LogP contribution is 2.40. The molecule has 1 heterocycles. The molecule has 2 aromatic rings. The van der Waals surface area contributed by atoms with Gasteiger partial charge < -0.3 is 25.0 Å². The first-order chi connectivity index (χ1) is 15.0. The van der Waals surface area contributed by atoms with Crippen LogP contribution in [0.4, 0.5) is 0 Å². The number of ether oxygens (including phenoxy) is 2. The van der Waals surface area contributed by atoms with E-state index in [2.05, 4.69) is 5.32 Å². The zero-order valence-corrected chi connectivity index (χ0v) is 18.4. The number of carbonyl (C=O) groups excluding carboxylic acids is 2. The van der Waals surface area contributed by atoms with Gasteiger partial charge in [0.15, 0.2) is 12.4 Å². The average Bonchev–Trinajstić information content (AvgIpc) is 2.68. The van der Waals surface area contributed by atoms with Crippen molar-refractivity contribution in [2.45, 2.75) is 38.2 Å². The summed E-state index contributed by atoms with van der Waals surface area (Å²) in [5, 5.41) is 22.6. The third-order valence-corrected chi connectivity index (χ3v) is 5.24. The van der Waals surface area contributed by atoms with Gasteiger partial charge in [0.2, 0.25) is 0 Å². The molecule has 0 radical (unpaired) electrons. The summed E-state index contributed by atoms with van der Waals surface area (Å²) in [4.78, 5) is 35.7. The first kappa shape index (κ1) is 23.4. The zero-order chi connectivity index (χ0) is 23.5. The molecule has 3 rings (SSSR count). The Balaban J connectivity index is 1.62. The molecular weight excluding hydrogens is 438 g/mol. The van der Waals surface area contributed by atoms with Gasteiger partial charge in [0.1, 0.15) is 28.4 Å². The predicted molar refractivity (Wildman–Crippen MR) is 117 cm³/mol. The normalized spacial score (nSPS) is 15.3. The molecule has 32 heavy (non-hydrogen) atoms. The monoisotopic (exact) mass is 461 g/mol. The number of aliphatic carboxylic acids is 1. The topological polar surface area (TPSA) is 122 Å². The summed E-state index contributed by atoms with van der Waals surface area (Å²) in [5.41, 5.74) is 0.121. The maximum absolute atomic E-state index is 12.3. The Morgan fingerprint density at radius 2 is 1.94 bits per heavy atom. The molecule has 1 atom stereocenters. The van der Waals surface area contributed by atoms with E-state index in [1.165, 1.54) is 12.1 Å². The van der Waals surface area contributed by atoms with Crippen LogP contribution in [0.15, 0.2) is 36.4 Å². The number of hydrogen-bond acceptors (Lipinski definition) is 6. The van der Waals surface area contributed by atoms with Crippen molar-refractivity contribution in [2.75, 3.05) is 13.2 Å². The van der Waals surface area contributed by atoms with Gasteiger partial charge in [0, 0.05) is 29.6 Å². The van der Waals surface area contributed by atoms with Crippen molar-refractivity contribution in [3.8, 4) is 17.2 Å². The lowest BCUT2D eigenvalue weighted by Crippen LogP contribution is -2.36. The number of halogens is 1. The van der Waals surface area contributed by atoms with Gasteiger partial charge in [-0.15, -0.1) is 0 Å². The molecule has 170 valence electrons. The maximum atomic E-state index is 12.3. The molecule has 0 aromatic heterocycles. The summed E-state index contributed by atoms with van der Waals surface area (Å²) < 4.78 is 11.2. The Bertz CT molecular complexity index is 1030. The number of carboxylic acid groups (broad SMARTS) is 1. The van der Waals surface area contributed by atoms with Crippen LogP contribution in [-0.4, -0.2) is 46.6 Å². The van der Waals surface area contributed by atoms with E-state index in [-0.39, 0.29) is 54.6 Å². The molecule has 0 fully saturated rings. The first-order valence-corrected chi connectivity index (χ1v) is 10.4. The molecule has 0 unspecified atom stereocenters. The number of aromatic hydroxyl groups is 1. The molecule has 2 aromatic carbocycles. The minimum Gasteiger partial charge on any atom is -0.507 e. The molecular formula is C23H24ClNO7. The van der Waals surface area contributed by atoms with E-state index in [9.17, 15) is 24.6 Å². The third kappa shape index (κ3) is 5.91. The van der Waals surface area contributed by atoms with E-state index < -0.39 is 23.4 Å². The molecule has 0 bridgehead atoms. The first-order valence-electron chi connectivity index (χ1n) is 10.00. The number of phenolic OH excluding ortho intramolecular Hbond substituents is 1. The molecule has 1 aliphatic heterocycles. The quantitative estimate of drug-likeness (QED) is 0.549. The van der Waals surface area contributed by atoms with Gasteiger partial charge in [-0.3, -0.25) is 14.4 Å². The van der Waals surface area contributed by atoms with Crippen LogP contribution >= 0.6 is 11.6 Å². The highest BCUT2D eigenvalue weighted by Gasteiger charge is 2.35. The van der Waals surface area contributed by atoms with Crippen LogP contribution < -0.4 is 14.8 Å². The molecule has 0 spiro atoms. The van der Waals surface area contributed by atoms with Gasteiger partial charge in [-0.05, 0) is 31.5 Å². The highest BCUT2D eigenvalue weighted by atomic mass is 35.5. The van der Waals surface area contributed by atoms with Crippen LogP contribution in [0.3, 0.4) is 0 Å². The number of phenols is 1. The van der Waals surface area contributed by atoms with Gasteiger partial charge in [0.25, 0.3) is 5.91 Å². The SMILES string of the molecule is CC1(C)CC(=O)c2c(O)cc(OCC(=O)NC[C@H](CC(=O)O)c3ccc(Cl)cc3)cc2O1. The van der Waals surface area contributed by atoms with E-state index in [1.54, 1.807) is 38.1 Å². The smallest absolute Gasteiger partial charge is 0.304 e. The minimum atomic E-state index is -0.988. The number of ketones is 1. The average molecular weight is 462 g/mol. The largest absolute Gasteiger partial charge is 0.507 e. The molecule has 8 nitrogen and oxygen atoms in total. The van der Waals surface area contributed by atoms with Crippen molar-refractivity contribution in [3.63, 3.8) is 0 Å². The van der Waals surface area contributed by atoms with Gasteiger partial charge in [-0.1, -0.05) is 23.7 Å². The van der Waals surface area contributed by atoms with Gasteiger partial charge in [0.05, 0.1) is 12.8 Å². The Morgan fingerprint density at radius 1 is 1.25 bits per heavy atom. The predicted octanol–water partition coefficient (Wildman–Crippen LogP) is 3.54. The lowest BCUT2D eigenvalue weighted by molar-refractivity contribution is -0.137. The van der Waals surface area contributed by atoms with E-state index in [0.717, 1.165) is 5.56 Å². The number of hydrogen-bond donors (Lipinski definition) is 3. The summed E-state index contributed by atoms with van der Waals surface area (Å²) in [7, 11) is 0. The zero-order valence-electron chi connectivity index (χ0n) is 17.7. The van der Waals surface area contributed by atoms with Gasteiger partial charge in [-0.25, -0.2) is 0 Å². The van der Waals surface area contributed by atoms with Gasteiger partial charge >= 0.3 is 5.97 Å². The number of amides is 1. The third-order valence-electron chi connectivity index (χ3n) is 4.98. The number of benzene rings is 2. The fourth-order valence-corrected chi connectivity index (χ4v) is 3.65. The fraction of sp³-hybridized carbons (Fsp3) is 0.348. The Hall–Kier alpha value is -3.26. The van der Waals surface area contributed by atoms with Crippen molar-refractivity contribution in [3.05, 3.63) is 52.5 Å². The number of rotatable bonds is 8. The Kier molecular flexibility index (Phi) is 6.93. The highest BCUT2D eigenvalue weighted by molar-refractivity contribution is 6.30. The molecule has 3 N–H and O–H groups in total. The number of Topliss-reactive ketones (excluding diaryl/α,β-unsaturated/α-hetero) is 1. The summed E-state index contributed by atoms with van der Waals surface area (Å²) in [6.07, 6.45) is -0.0239. The van der Waals surface area contributed by atoms with E-state index in [1.807, 2.05) is 0 Å². The van der Waals surface area contributed by atoms with E-state index in [4.69, 9.17) is 21.1 Å². The van der Waals surface area contributed by atoms with Crippen LogP contribution in [0, 0.1) is 0 Å². The molecule has 0 aliphatic carbocycles. The van der Waals surface area contributed by atoms with Crippen LogP contribution in [0.1, 0.15) is 48.5 Å². The summed E-state index contributed by atoms with van der Waals surface area (Å²) in [5.74, 6) is -2.04. The number of fused-ring (bicyclic) bond motifs is 1. The van der Waals surface area contributed by atoms with Crippen LogP contribution in [-0.2, 0) is 9.59 Å². The lowest BCUT2D eigenvalue weighted by atomic mass is 9.92. The Morgan fingerprint density at radius 3 is 2.59 bits per heavy atom. The number of nitrogens with one attached hydrogen (secondary N) is 1. The van der Waals surface area contributed by atoms with E-state index >= 15 is 0 Å². The number of carbonyl (C=O) groups is 3. The van der Waals surface area contributed by atoms with Crippen molar-refractivity contribution in [2.24, 2.45) is 0 Å². The molecule has 9 heteroatoms. The second kappa shape index (κ2) is 9.48. The maximum Gasteiger partial charge on any atom is 0.304 e. The molecule has 1 amide bonds. The lowest BCUT2D eigenvalue weighted by Gasteiger charge is -2.32. The van der Waals surface area contributed by atoms with Gasteiger partial charge in [-0.2, -0.15) is 0 Å². The number of carboxylic acids is 1. The summed E-state index contributed by atoms with van der Waals surface area (Å²) in [6.45, 7) is 3.26.